The number of rotatable bonds is 12. The van der Waals surface area contributed by atoms with Gasteiger partial charge in [0.15, 0.2) is 0 Å². The summed E-state index contributed by atoms with van der Waals surface area (Å²) in [5.41, 5.74) is 7.56. The van der Waals surface area contributed by atoms with E-state index < -0.39 is 0 Å². The molecule has 1 aromatic rings. The van der Waals surface area contributed by atoms with Gasteiger partial charge in [-0.05, 0) is 78.5 Å². The summed E-state index contributed by atoms with van der Waals surface area (Å²) in [4.78, 5) is 0. The molecule has 0 N–H and O–H groups in total. The van der Waals surface area contributed by atoms with E-state index >= 15 is 0 Å². The quantitative estimate of drug-likeness (QED) is 0.220. The minimum Gasteiger partial charge on any atom is -0.0798 e. The van der Waals surface area contributed by atoms with Crippen LogP contribution in [0.1, 0.15) is 186 Å². The van der Waals surface area contributed by atoms with Gasteiger partial charge in [-0.3, -0.25) is 0 Å². The maximum atomic E-state index is 2.43. The molecule has 0 aliphatic heterocycles. The average molecular weight is 569 g/mol. The van der Waals surface area contributed by atoms with Crippen molar-refractivity contribution in [2.45, 2.75) is 179 Å². The van der Waals surface area contributed by atoms with E-state index in [2.05, 4.69) is 119 Å². The first-order valence-corrected chi connectivity index (χ1v) is 17.5. The van der Waals surface area contributed by atoms with E-state index in [0.717, 1.165) is 11.8 Å². The third-order valence-corrected chi connectivity index (χ3v) is 8.60. The number of benzene rings is 1. The van der Waals surface area contributed by atoms with Crippen molar-refractivity contribution in [1.82, 2.24) is 0 Å². The van der Waals surface area contributed by atoms with Gasteiger partial charge in [-0.1, -0.05) is 183 Å². The molecule has 41 heavy (non-hydrogen) atoms. The number of fused-ring (bicyclic) bond motifs is 1. The highest BCUT2D eigenvalue weighted by atomic mass is 14.4. The molecule has 1 atom stereocenters. The molecule has 0 saturated carbocycles. The highest BCUT2D eigenvalue weighted by molar-refractivity contribution is 5.75. The number of hydrogen-bond donors (Lipinski definition) is 0. The van der Waals surface area contributed by atoms with Crippen molar-refractivity contribution >= 4 is 5.57 Å². The molecule has 1 aliphatic carbocycles. The molecular formula is C41H76. The van der Waals surface area contributed by atoms with Crippen molar-refractivity contribution in [2.75, 3.05) is 0 Å². The van der Waals surface area contributed by atoms with E-state index in [0.29, 0.717) is 0 Å². The molecule has 0 radical (unpaired) electrons. The van der Waals surface area contributed by atoms with Gasteiger partial charge in [0, 0.05) is 1.43 Å². The van der Waals surface area contributed by atoms with Crippen molar-refractivity contribution in [3.05, 3.63) is 64.8 Å². The first-order valence-electron chi connectivity index (χ1n) is 17.5. The molecule has 0 aromatic heterocycles. The Morgan fingerprint density at radius 1 is 0.829 bits per heavy atom. The number of hydrogen-bond acceptors (Lipinski definition) is 0. The van der Waals surface area contributed by atoms with Crippen LogP contribution in [-0.4, -0.2) is 0 Å². The van der Waals surface area contributed by atoms with Gasteiger partial charge in [0.1, 0.15) is 0 Å². The van der Waals surface area contributed by atoms with Gasteiger partial charge in [-0.15, -0.1) is 0 Å². The van der Waals surface area contributed by atoms with Crippen LogP contribution >= 0.6 is 0 Å². The third-order valence-electron chi connectivity index (χ3n) is 8.60. The van der Waals surface area contributed by atoms with E-state index in [1.54, 1.807) is 0 Å². The molecule has 0 heterocycles. The molecule has 1 aliphatic rings. The molecule has 0 bridgehead atoms. The summed E-state index contributed by atoms with van der Waals surface area (Å²) in [5.74, 6) is 1.97. The maximum Gasteiger partial charge on any atom is 0 e. The summed E-state index contributed by atoms with van der Waals surface area (Å²) in [5, 5.41) is 0. The predicted octanol–water partition coefficient (Wildman–Crippen LogP) is 14.7. The van der Waals surface area contributed by atoms with E-state index in [9.17, 15) is 0 Å². The van der Waals surface area contributed by atoms with Crippen molar-refractivity contribution in [3.8, 4) is 0 Å². The van der Waals surface area contributed by atoms with Crippen LogP contribution in [-0.2, 0) is 10.8 Å². The highest BCUT2D eigenvalue weighted by Crippen LogP contribution is 2.46. The van der Waals surface area contributed by atoms with Gasteiger partial charge in [0.05, 0.1) is 0 Å². The Hall–Kier alpha value is -1.56. The smallest absolute Gasteiger partial charge is 0 e. The lowest BCUT2D eigenvalue weighted by Crippen LogP contribution is -2.33. The van der Waals surface area contributed by atoms with Gasteiger partial charge < -0.3 is 0 Å². The van der Waals surface area contributed by atoms with Crippen LogP contribution in [0.25, 0.3) is 5.57 Å². The predicted molar refractivity (Wildman–Crippen MR) is 195 cm³/mol. The molecule has 0 heteroatoms. The second-order valence-electron chi connectivity index (χ2n) is 13.3. The Bertz CT molecular complexity index is 870. The zero-order valence-electron chi connectivity index (χ0n) is 30.8. The fourth-order valence-electron chi connectivity index (χ4n) is 5.68. The Morgan fingerprint density at radius 2 is 1.37 bits per heavy atom. The monoisotopic (exact) mass is 569 g/mol. The van der Waals surface area contributed by atoms with E-state index in [1.807, 2.05) is 27.7 Å². The fraction of sp³-hybridized carbons (Fsp3) is 0.707. The maximum absolute atomic E-state index is 2.43. The first-order chi connectivity index (χ1) is 19.4. The fourth-order valence-corrected chi connectivity index (χ4v) is 5.68. The van der Waals surface area contributed by atoms with Crippen LogP contribution in [0.4, 0.5) is 0 Å². The van der Waals surface area contributed by atoms with Crippen LogP contribution < -0.4 is 0 Å². The summed E-state index contributed by atoms with van der Waals surface area (Å²) >= 11 is 0. The Morgan fingerprint density at radius 3 is 1.83 bits per heavy atom. The highest BCUT2D eigenvalue weighted by Gasteiger charge is 2.36. The second kappa shape index (κ2) is 23.0. The normalized spacial score (nSPS) is 15.9. The molecule has 1 aromatic carbocycles. The lowest BCUT2D eigenvalue weighted by Gasteiger charge is -2.42. The molecule has 240 valence electrons. The van der Waals surface area contributed by atoms with Gasteiger partial charge in [0.2, 0.25) is 0 Å². The van der Waals surface area contributed by atoms with Crippen molar-refractivity contribution in [1.29, 1.82) is 0 Å². The first kappa shape index (κ1) is 41.6. The zero-order valence-corrected chi connectivity index (χ0v) is 30.8. The molecular weight excluding hydrogens is 492 g/mol. The molecule has 0 amide bonds. The summed E-state index contributed by atoms with van der Waals surface area (Å²) in [6, 6.07) is 7.09. The summed E-state index contributed by atoms with van der Waals surface area (Å²) < 4.78 is 0. The summed E-state index contributed by atoms with van der Waals surface area (Å²) in [6.07, 6.45) is 22.6. The van der Waals surface area contributed by atoms with Crippen molar-refractivity contribution in [2.24, 2.45) is 11.8 Å². The lowest BCUT2D eigenvalue weighted by atomic mass is 9.63. The van der Waals surface area contributed by atoms with Crippen LogP contribution in [0.5, 0.6) is 0 Å². The van der Waals surface area contributed by atoms with E-state index in [4.69, 9.17) is 0 Å². The van der Waals surface area contributed by atoms with Crippen molar-refractivity contribution in [3.63, 3.8) is 0 Å². The SMILES string of the molecule is C/C=C(/C=C\C=C(C)C)c1ccc2c(c1)C(C)(C)CCC2(C)C.CC.CC.CCCC(CCC)CCC[C@@H](C)CC.[HH]. The average Bonchev–Trinajstić information content (AvgIpc) is 2.96. The largest absolute Gasteiger partial charge is 0.0798 e. The number of allylic oxidation sites excluding steroid dienone is 6. The Labute approximate surface area is 262 Å². The second-order valence-corrected chi connectivity index (χ2v) is 13.3. The summed E-state index contributed by atoms with van der Waals surface area (Å²) in [7, 11) is 0. The van der Waals surface area contributed by atoms with Crippen LogP contribution in [0.2, 0.25) is 0 Å². The molecule has 0 spiro atoms. The minimum absolute atomic E-state index is 0. The minimum atomic E-state index is 0. The standard InChI is InChI=1S/C23H32.C14H30.2C2H6.H2/c1-8-18(11-9-10-17(2)3)19-12-13-20-21(16-19)23(6,7)15-14-22(20,4)5;1-5-9-14(10-6-2)12-8-11-13(4)7-3;2*1-2;/h8-13,16H,14-15H2,1-7H3;13-14H,5-12H2,1-4H3;2*1-2H3;1H/b11-9-,18-8-;;;;/t;13-;;;/m.0.../s1. The molecule has 2 rings (SSSR count). The molecule has 0 nitrogen and oxygen atoms in total. The zero-order chi connectivity index (χ0) is 32.1. The molecule has 0 fully saturated rings. The van der Waals surface area contributed by atoms with Crippen LogP contribution in [0.3, 0.4) is 0 Å². The summed E-state index contributed by atoms with van der Waals surface area (Å²) in [6.45, 7) is 33.2. The Kier molecular flexibility index (Phi) is 23.3. The topological polar surface area (TPSA) is 0 Å². The Balaban J connectivity index is -0.000000693. The van der Waals surface area contributed by atoms with Crippen molar-refractivity contribution < 1.29 is 1.43 Å². The van der Waals surface area contributed by atoms with Crippen LogP contribution in [0, 0.1) is 11.8 Å². The van der Waals surface area contributed by atoms with Gasteiger partial charge in [-0.2, -0.15) is 0 Å². The van der Waals surface area contributed by atoms with E-state index in [-0.39, 0.29) is 12.3 Å². The molecule has 0 unspecified atom stereocenters. The van der Waals surface area contributed by atoms with Gasteiger partial charge in [0.25, 0.3) is 0 Å². The van der Waals surface area contributed by atoms with Gasteiger partial charge >= 0.3 is 0 Å². The van der Waals surface area contributed by atoms with E-state index in [1.165, 1.54) is 92.0 Å². The van der Waals surface area contributed by atoms with Gasteiger partial charge in [-0.25, -0.2) is 0 Å². The molecule has 0 saturated heterocycles. The van der Waals surface area contributed by atoms with Crippen LogP contribution in [0.15, 0.2) is 48.1 Å². The lowest BCUT2D eigenvalue weighted by molar-refractivity contribution is 0.332. The third kappa shape index (κ3) is 16.0.